The van der Waals surface area contributed by atoms with Crippen LogP contribution in [0.3, 0.4) is 0 Å². The number of rotatable bonds is 3. The molecule has 0 spiro atoms. The van der Waals surface area contributed by atoms with E-state index >= 15 is 0 Å². The molecule has 2 aromatic rings. The van der Waals surface area contributed by atoms with Gasteiger partial charge in [-0.25, -0.2) is 9.18 Å². The van der Waals surface area contributed by atoms with Crippen LogP contribution in [0.1, 0.15) is 10.5 Å². The summed E-state index contributed by atoms with van der Waals surface area (Å²) in [5, 5.41) is 21.1. The average Bonchev–Trinajstić information content (AvgIpc) is 2.86. The smallest absolute Gasteiger partial charge is 0.358 e. The number of carbonyl (C=O) groups is 1. The predicted molar refractivity (Wildman–Crippen MR) is 57.0 cm³/mol. The Morgan fingerprint density at radius 3 is 2.58 bits per heavy atom. The fourth-order valence-corrected chi connectivity index (χ4v) is 1.43. The number of hydrogen-bond donors (Lipinski definition) is 2. The van der Waals surface area contributed by atoms with Gasteiger partial charge in [-0.1, -0.05) is 5.16 Å². The minimum absolute atomic E-state index is 0.275. The van der Waals surface area contributed by atoms with Gasteiger partial charge in [0.1, 0.15) is 0 Å². The summed E-state index contributed by atoms with van der Waals surface area (Å²) < 4.78 is 36.3. The van der Waals surface area contributed by atoms with Crippen LogP contribution < -0.4 is 4.74 Å². The molecule has 0 aliphatic carbocycles. The molecule has 0 radical (unpaired) electrons. The number of benzene rings is 1. The highest BCUT2D eigenvalue weighted by Crippen LogP contribution is 2.36. The number of hydrogen-bond acceptors (Lipinski definition) is 5. The van der Waals surface area contributed by atoms with E-state index in [2.05, 4.69) is 14.4 Å². The van der Waals surface area contributed by atoms with Gasteiger partial charge in [-0.15, -0.1) is 0 Å². The summed E-state index contributed by atoms with van der Waals surface area (Å²) in [6.07, 6.45) is 0. The van der Waals surface area contributed by atoms with Crippen molar-refractivity contribution in [1.82, 2.24) is 5.16 Å². The van der Waals surface area contributed by atoms with E-state index in [1.165, 1.54) is 0 Å². The molecular weight excluding hydrogens is 264 g/mol. The van der Waals surface area contributed by atoms with Gasteiger partial charge in [-0.3, -0.25) is 0 Å². The van der Waals surface area contributed by atoms with Crippen LogP contribution in [0.15, 0.2) is 16.7 Å². The Labute approximate surface area is 104 Å². The van der Waals surface area contributed by atoms with Crippen molar-refractivity contribution in [2.75, 3.05) is 7.11 Å². The molecule has 0 aliphatic rings. The van der Waals surface area contributed by atoms with E-state index in [1.807, 2.05) is 0 Å². The third-order valence-electron chi connectivity index (χ3n) is 2.36. The van der Waals surface area contributed by atoms with Crippen LogP contribution in [0.25, 0.3) is 11.3 Å². The maximum absolute atomic E-state index is 13.7. The molecule has 2 N–H and O–H groups in total. The van der Waals surface area contributed by atoms with Crippen molar-refractivity contribution in [1.29, 1.82) is 0 Å². The molecule has 0 aliphatic heterocycles. The zero-order valence-electron chi connectivity index (χ0n) is 9.48. The lowest BCUT2D eigenvalue weighted by Gasteiger charge is -2.07. The van der Waals surface area contributed by atoms with Gasteiger partial charge < -0.3 is 19.5 Å². The topological polar surface area (TPSA) is 92.8 Å². The number of aromatic hydroxyl groups is 1. The number of carboxylic acids is 1. The molecule has 6 nitrogen and oxygen atoms in total. The number of phenols is 1. The number of phenolic OH excluding ortho intramolecular Hbond substituents is 1. The average molecular weight is 271 g/mol. The Bertz CT molecular complexity index is 653. The molecule has 0 fully saturated rings. The van der Waals surface area contributed by atoms with Crippen molar-refractivity contribution < 1.29 is 33.0 Å². The Balaban J connectivity index is 2.61. The van der Waals surface area contributed by atoms with Gasteiger partial charge in [0.25, 0.3) is 0 Å². The standard InChI is InChI=1S/C11H7F2NO5/c1-18-7-2-4(8(12)10(15)9(7)13)6-3-5(11(16)17)14-19-6/h2-3,15H,1H3,(H,16,17). The minimum Gasteiger partial charge on any atom is -0.503 e. The molecule has 0 atom stereocenters. The number of methoxy groups -OCH3 is 1. The summed E-state index contributed by atoms with van der Waals surface area (Å²) in [6, 6.07) is 1.87. The van der Waals surface area contributed by atoms with E-state index < -0.39 is 34.8 Å². The van der Waals surface area contributed by atoms with E-state index in [-0.39, 0.29) is 11.3 Å². The number of carboxylic acid groups (broad SMARTS) is 1. The van der Waals surface area contributed by atoms with Crippen molar-refractivity contribution in [2.45, 2.75) is 0 Å². The third kappa shape index (κ3) is 2.07. The molecule has 1 aromatic carbocycles. The first kappa shape index (κ1) is 12.8. The van der Waals surface area contributed by atoms with E-state index in [0.717, 1.165) is 19.2 Å². The molecule has 1 aromatic heterocycles. The molecule has 0 bridgehead atoms. The zero-order chi connectivity index (χ0) is 14.2. The zero-order valence-corrected chi connectivity index (χ0v) is 9.48. The van der Waals surface area contributed by atoms with Gasteiger partial charge in [0.15, 0.2) is 28.8 Å². The third-order valence-corrected chi connectivity index (χ3v) is 2.36. The first-order chi connectivity index (χ1) is 8.95. The summed E-state index contributed by atoms with van der Waals surface area (Å²) >= 11 is 0. The Morgan fingerprint density at radius 1 is 1.37 bits per heavy atom. The van der Waals surface area contributed by atoms with Gasteiger partial charge in [-0.05, 0) is 6.07 Å². The Kier molecular flexibility index (Phi) is 3.07. The number of ether oxygens (including phenoxy) is 1. The Morgan fingerprint density at radius 2 is 2.05 bits per heavy atom. The number of aromatic carboxylic acids is 1. The van der Waals surface area contributed by atoms with E-state index in [9.17, 15) is 18.7 Å². The molecule has 2 rings (SSSR count). The summed E-state index contributed by atoms with van der Waals surface area (Å²) in [6.45, 7) is 0. The van der Waals surface area contributed by atoms with Crippen LogP contribution in [0, 0.1) is 11.6 Å². The van der Waals surface area contributed by atoms with E-state index in [4.69, 9.17) is 5.11 Å². The van der Waals surface area contributed by atoms with Crippen LogP contribution in [0.4, 0.5) is 8.78 Å². The van der Waals surface area contributed by atoms with Gasteiger partial charge in [0.2, 0.25) is 5.82 Å². The molecule has 8 heteroatoms. The highest BCUT2D eigenvalue weighted by atomic mass is 19.1. The largest absolute Gasteiger partial charge is 0.503 e. The monoisotopic (exact) mass is 271 g/mol. The first-order valence-corrected chi connectivity index (χ1v) is 4.91. The molecule has 19 heavy (non-hydrogen) atoms. The van der Waals surface area contributed by atoms with E-state index in [1.54, 1.807) is 0 Å². The van der Waals surface area contributed by atoms with Crippen molar-refractivity contribution >= 4 is 5.97 Å². The normalized spacial score (nSPS) is 10.5. The van der Waals surface area contributed by atoms with E-state index in [0.29, 0.717) is 0 Å². The SMILES string of the molecule is COc1cc(-c2cc(C(=O)O)no2)c(F)c(O)c1F. The van der Waals surface area contributed by atoms with Crippen LogP contribution in [0.5, 0.6) is 11.5 Å². The van der Waals surface area contributed by atoms with Gasteiger partial charge in [0.05, 0.1) is 12.7 Å². The second kappa shape index (κ2) is 4.56. The molecule has 0 saturated carbocycles. The summed E-state index contributed by atoms with van der Waals surface area (Å²) in [5.74, 6) is -5.87. The maximum Gasteiger partial charge on any atom is 0.358 e. The van der Waals surface area contributed by atoms with Crippen LogP contribution in [-0.4, -0.2) is 28.4 Å². The van der Waals surface area contributed by atoms with Crippen LogP contribution >= 0.6 is 0 Å². The van der Waals surface area contributed by atoms with Gasteiger partial charge >= 0.3 is 5.97 Å². The number of nitrogens with zero attached hydrogens (tertiary/aromatic N) is 1. The highest BCUT2D eigenvalue weighted by molar-refractivity contribution is 5.86. The number of halogens is 2. The van der Waals surface area contributed by atoms with Crippen molar-refractivity contribution in [3.63, 3.8) is 0 Å². The lowest BCUT2D eigenvalue weighted by Crippen LogP contribution is -1.95. The lowest BCUT2D eigenvalue weighted by atomic mass is 10.1. The van der Waals surface area contributed by atoms with Gasteiger partial charge in [-0.2, -0.15) is 4.39 Å². The first-order valence-electron chi connectivity index (χ1n) is 4.91. The molecule has 1 heterocycles. The fraction of sp³-hybridized carbons (Fsp3) is 0.0909. The molecule has 0 saturated heterocycles. The lowest BCUT2D eigenvalue weighted by molar-refractivity contribution is 0.0686. The molecule has 100 valence electrons. The molecule has 0 amide bonds. The van der Waals surface area contributed by atoms with Crippen molar-refractivity contribution in [3.05, 3.63) is 29.5 Å². The molecular formula is C11H7F2NO5. The highest BCUT2D eigenvalue weighted by Gasteiger charge is 2.23. The van der Waals surface area contributed by atoms with Crippen LogP contribution in [0.2, 0.25) is 0 Å². The van der Waals surface area contributed by atoms with Crippen molar-refractivity contribution in [2.24, 2.45) is 0 Å². The second-order valence-electron chi connectivity index (χ2n) is 3.48. The predicted octanol–water partition coefficient (Wildman–Crippen LogP) is 2.03. The summed E-state index contributed by atoms with van der Waals surface area (Å²) in [5.41, 5.74) is -0.812. The fourth-order valence-electron chi connectivity index (χ4n) is 1.43. The summed E-state index contributed by atoms with van der Waals surface area (Å²) in [7, 11) is 1.13. The molecule has 0 unspecified atom stereocenters. The quantitative estimate of drug-likeness (QED) is 0.887. The van der Waals surface area contributed by atoms with Crippen LogP contribution in [-0.2, 0) is 0 Å². The van der Waals surface area contributed by atoms with Crippen molar-refractivity contribution in [3.8, 4) is 22.8 Å². The van der Waals surface area contributed by atoms with Gasteiger partial charge in [0, 0.05) is 6.07 Å². The Hall–Kier alpha value is -2.64. The second-order valence-corrected chi connectivity index (χ2v) is 3.48. The minimum atomic E-state index is -1.37. The maximum atomic E-state index is 13.7. The summed E-state index contributed by atoms with van der Waals surface area (Å²) in [4.78, 5) is 10.6. The number of aromatic nitrogens is 1.